The molecule has 0 aliphatic heterocycles. The molecule has 6 nitrogen and oxygen atoms in total. The summed E-state index contributed by atoms with van der Waals surface area (Å²) < 4.78 is 82.7. The van der Waals surface area contributed by atoms with E-state index in [2.05, 4.69) is 14.2 Å². The minimum atomic E-state index is -5.43. The predicted molar refractivity (Wildman–Crippen MR) is 49.6 cm³/mol. The first-order valence-electron chi connectivity index (χ1n) is 4.96. The van der Waals surface area contributed by atoms with Crippen molar-refractivity contribution in [3.05, 3.63) is 0 Å². The number of alkyl halides is 6. The number of hydrogen-bond acceptors (Lipinski definition) is 6. The Balaban J connectivity index is 4.72. The maximum atomic E-state index is 11.9. The van der Waals surface area contributed by atoms with Crippen LogP contribution in [0, 0.1) is 0 Å². The van der Waals surface area contributed by atoms with E-state index in [1.165, 1.54) is 0 Å². The summed E-state index contributed by atoms with van der Waals surface area (Å²) in [5.41, 5.74) is 0. The van der Waals surface area contributed by atoms with Gasteiger partial charge in [0.15, 0.2) is 0 Å². The van der Waals surface area contributed by atoms with Crippen molar-refractivity contribution in [2.45, 2.75) is 24.9 Å². The number of methoxy groups -OCH3 is 1. The molecule has 0 aromatic heterocycles. The molecule has 122 valence electrons. The Morgan fingerprint density at radius 1 is 0.952 bits per heavy atom. The Morgan fingerprint density at radius 3 is 1.81 bits per heavy atom. The average Bonchev–Trinajstić information content (AvgIpc) is 2.32. The standard InChI is InChI=1S/C9H8F6O6/c1-19-5(16)2-4(21-7(18)9(13,14)15)3-20-6(17)8(10,11)12/h4H,2-3H2,1H3. The van der Waals surface area contributed by atoms with Gasteiger partial charge in [-0.3, -0.25) is 4.79 Å². The molecule has 0 saturated carbocycles. The van der Waals surface area contributed by atoms with Gasteiger partial charge in [-0.15, -0.1) is 0 Å². The summed E-state index contributed by atoms with van der Waals surface area (Å²) in [6, 6.07) is 0. The van der Waals surface area contributed by atoms with Crippen molar-refractivity contribution in [1.82, 2.24) is 0 Å². The second-order valence-corrected chi connectivity index (χ2v) is 3.40. The van der Waals surface area contributed by atoms with E-state index in [0.717, 1.165) is 7.11 Å². The van der Waals surface area contributed by atoms with Gasteiger partial charge in [-0.25, -0.2) is 9.59 Å². The molecule has 0 aromatic carbocycles. The van der Waals surface area contributed by atoms with E-state index >= 15 is 0 Å². The molecule has 12 heteroatoms. The molecular weight excluding hydrogens is 318 g/mol. The third kappa shape index (κ3) is 7.37. The largest absolute Gasteiger partial charge is 0.490 e. The highest BCUT2D eigenvalue weighted by atomic mass is 19.4. The lowest BCUT2D eigenvalue weighted by atomic mass is 10.2. The van der Waals surface area contributed by atoms with E-state index in [-0.39, 0.29) is 0 Å². The summed E-state index contributed by atoms with van der Waals surface area (Å²) in [5, 5.41) is 0. The molecule has 0 bridgehead atoms. The van der Waals surface area contributed by atoms with Crippen molar-refractivity contribution in [3.8, 4) is 0 Å². The fourth-order valence-corrected chi connectivity index (χ4v) is 0.872. The van der Waals surface area contributed by atoms with Crippen molar-refractivity contribution in [2.24, 2.45) is 0 Å². The number of halogens is 6. The molecule has 1 atom stereocenters. The molecule has 0 spiro atoms. The van der Waals surface area contributed by atoms with E-state index in [0.29, 0.717) is 0 Å². The number of hydrogen-bond donors (Lipinski definition) is 0. The summed E-state index contributed by atoms with van der Waals surface area (Å²) in [6.07, 6.45) is -13.9. The molecule has 0 heterocycles. The number of rotatable bonds is 5. The molecular formula is C9H8F6O6. The summed E-state index contributed by atoms with van der Waals surface area (Å²) in [7, 11) is 0.840. The summed E-state index contributed by atoms with van der Waals surface area (Å²) in [4.78, 5) is 31.7. The van der Waals surface area contributed by atoms with Crippen molar-refractivity contribution < 1.29 is 54.9 Å². The first kappa shape index (κ1) is 19.0. The smallest absolute Gasteiger partial charge is 0.469 e. The molecule has 0 saturated heterocycles. The lowest BCUT2D eigenvalue weighted by Gasteiger charge is -2.18. The highest BCUT2D eigenvalue weighted by Gasteiger charge is 2.44. The Morgan fingerprint density at radius 2 is 1.43 bits per heavy atom. The SMILES string of the molecule is COC(=O)CC(COC(=O)C(F)(F)F)OC(=O)C(F)(F)F. The molecule has 0 aliphatic rings. The van der Waals surface area contributed by atoms with Gasteiger partial charge in [-0.2, -0.15) is 26.3 Å². The number of esters is 3. The van der Waals surface area contributed by atoms with E-state index < -0.39 is 49.4 Å². The van der Waals surface area contributed by atoms with E-state index in [9.17, 15) is 40.7 Å². The molecule has 0 aromatic rings. The van der Waals surface area contributed by atoms with Crippen LogP contribution < -0.4 is 0 Å². The van der Waals surface area contributed by atoms with Crippen molar-refractivity contribution in [3.63, 3.8) is 0 Å². The Hall–Kier alpha value is -2.01. The second-order valence-electron chi connectivity index (χ2n) is 3.40. The monoisotopic (exact) mass is 326 g/mol. The molecule has 0 fully saturated rings. The van der Waals surface area contributed by atoms with Gasteiger partial charge in [0.05, 0.1) is 13.5 Å². The van der Waals surface area contributed by atoms with E-state index in [1.54, 1.807) is 0 Å². The van der Waals surface area contributed by atoms with E-state index in [4.69, 9.17) is 0 Å². The van der Waals surface area contributed by atoms with Crippen LogP contribution >= 0.6 is 0 Å². The topological polar surface area (TPSA) is 78.9 Å². The molecule has 0 N–H and O–H groups in total. The van der Waals surface area contributed by atoms with Crippen LogP contribution in [0.25, 0.3) is 0 Å². The zero-order valence-electron chi connectivity index (χ0n) is 10.2. The third-order valence-corrected chi connectivity index (χ3v) is 1.76. The lowest BCUT2D eigenvalue weighted by molar-refractivity contribution is -0.214. The van der Waals surface area contributed by atoms with Crippen LogP contribution in [0.1, 0.15) is 6.42 Å². The first-order chi connectivity index (χ1) is 9.37. The maximum absolute atomic E-state index is 11.9. The molecule has 0 rings (SSSR count). The fourth-order valence-electron chi connectivity index (χ4n) is 0.872. The first-order valence-corrected chi connectivity index (χ1v) is 4.96. The van der Waals surface area contributed by atoms with Crippen LogP contribution in [-0.2, 0) is 28.6 Å². The molecule has 0 radical (unpaired) electrons. The summed E-state index contributed by atoms with van der Waals surface area (Å²) in [6.45, 7) is -1.39. The van der Waals surface area contributed by atoms with Gasteiger partial charge >= 0.3 is 30.3 Å². The third-order valence-electron chi connectivity index (χ3n) is 1.76. The van der Waals surface area contributed by atoms with Crippen LogP contribution in [-0.4, -0.2) is 50.1 Å². The zero-order valence-corrected chi connectivity index (χ0v) is 10.2. The fraction of sp³-hybridized carbons (Fsp3) is 0.667. The molecule has 0 amide bonds. The van der Waals surface area contributed by atoms with Crippen molar-refractivity contribution in [2.75, 3.05) is 13.7 Å². The van der Waals surface area contributed by atoms with Crippen LogP contribution in [0.4, 0.5) is 26.3 Å². The van der Waals surface area contributed by atoms with E-state index in [1.807, 2.05) is 0 Å². The van der Waals surface area contributed by atoms with Crippen molar-refractivity contribution >= 4 is 17.9 Å². The second kappa shape index (κ2) is 7.13. The minimum Gasteiger partial charge on any atom is -0.469 e. The number of carbonyl (C=O) groups is 3. The zero-order chi connectivity index (χ0) is 16.8. The molecule has 1 unspecified atom stereocenters. The number of ether oxygens (including phenoxy) is 3. The van der Waals surface area contributed by atoms with Crippen LogP contribution in [0.2, 0.25) is 0 Å². The minimum absolute atomic E-state index is 0.840. The molecule has 21 heavy (non-hydrogen) atoms. The highest BCUT2D eigenvalue weighted by molar-refractivity contribution is 5.77. The van der Waals surface area contributed by atoms with Crippen molar-refractivity contribution in [1.29, 1.82) is 0 Å². The summed E-state index contributed by atoms with van der Waals surface area (Å²) >= 11 is 0. The Bertz CT molecular complexity index is 401. The average molecular weight is 326 g/mol. The Kier molecular flexibility index (Phi) is 6.45. The van der Waals surface area contributed by atoms with Gasteiger partial charge in [0.2, 0.25) is 0 Å². The Labute approximate surface area is 112 Å². The van der Waals surface area contributed by atoms with Crippen LogP contribution in [0.3, 0.4) is 0 Å². The maximum Gasteiger partial charge on any atom is 0.490 e. The quantitative estimate of drug-likeness (QED) is 0.428. The highest BCUT2D eigenvalue weighted by Crippen LogP contribution is 2.20. The van der Waals surface area contributed by atoms with Crippen LogP contribution in [0.5, 0.6) is 0 Å². The normalized spacial score (nSPS) is 13.3. The van der Waals surface area contributed by atoms with Gasteiger partial charge in [-0.05, 0) is 0 Å². The summed E-state index contributed by atoms with van der Waals surface area (Å²) in [5.74, 6) is -6.64. The van der Waals surface area contributed by atoms with Gasteiger partial charge in [0.1, 0.15) is 12.7 Å². The van der Waals surface area contributed by atoms with Gasteiger partial charge in [0, 0.05) is 0 Å². The van der Waals surface area contributed by atoms with Gasteiger partial charge in [-0.1, -0.05) is 0 Å². The number of carbonyl (C=O) groups excluding carboxylic acids is 3. The van der Waals surface area contributed by atoms with Gasteiger partial charge in [0.25, 0.3) is 0 Å². The molecule has 0 aliphatic carbocycles. The predicted octanol–water partition coefficient (Wildman–Crippen LogP) is 1.13. The van der Waals surface area contributed by atoms with Gasteiger partial charge < -0.3 is 14.2 Å². The lowest BCUT2D eigenvalue weighted by Crippen LogP contribution is -2.36. The van der Waals surface area contributed by atoms with Crippen LogP contribution in [0.15, 0.2) is 0 Å².